The van der Waals surface area contributed by atoms with E-state index in [4.69, 9.17) is 14.2 Å². The van der Waals surface area contributed by atoms with E-state index in [-0.39, 0.29) is 29.3 Å². The zero-order valence-electron chi connectivity index (χ0n) is 23.8. The van der Waals surface area contributed by atoms with Gasteiger partial charge in [0.25, 0.3) is 0 Å². The van der Waals surface area contributed by atoms with Gasteiger partial charge < -0.3 is 34.2 Å². The summed E-state index contributed by atoms with van der Waals surface area (Å²) in [5.74, 6) is 2.54. The van der Waals surface area contributed by atoms with Crippen molar-refractivity contribution >= 4 is 0 Å². The van der Waals surface area contributed by atoms with Crippen LogP contribution in [0.3, 0.4) is 0 Å². The number of methoxy groups -OCH3 is 2. The van der Waals surface area contributed by atoms with Gasteiger partial charge in [0.2, 0.25) is 11.5 Å². The highest BCUT2D eigenvalue weighted by atomic mass is 16.5. The minimum Gasteiger partial charge on any atom is -0.504 e. The number of quaternary nitrogens is 2. The van der Waals surface area contributed by atoms with Crippen LogP contribution in [0.25, 0.3) is 0 Å². The summed E-state index contributed by atoms with van der Waals surface area (Å²) in [4.78, 5) is 2.77. The van der Waals surface area contributed by atoms with Gasteiger partial charge in [-0.25, -0.2) is 0 Å². The van der Waals surface area contributed by atoms with Crippen LogP contribution in [0.2, 0.25) is 0 Å². The Balaban J connectivity index is 1.91. The first-order chi connectivity index (χ1) is 17.6. The molecule has 204 valence electrons. The van der Waals surface area contributed by atoms with E-state index in [1.807, 2.05) is 12.1 Å². The van der Waals surface area contributed by atoms with Crippen LogP contribution >= 0.6 is 0 Å². The van der Waals surface area contributed by atoms with E-state index in [2.05, 4.69) is 41.8 Å². The van der Waals surface area contributed by atoms with Crippen LogP contribution in [-0.4, -0.2) is 51.6 Å². The molecule has 2 aliphatic rings. The summed E-state index contributed by atoms with van der Waals surface area (Å²) < 4.78 is 17.9. The number of nitrogens with one attached hydrogen (secondary N) is 2. The van der Waals surface area contributed by atoms with Crippen LogP contribution in [0.1, 0.15) is 74.9 Å². The Bertz CT molecular complexity index is 1130. The van der Waals surface area contributed by atoms with Gasteiger partial charge in [-0.3, -0.25) is 0 Å². The van der Waals surface area contributed by atoms with E-state index in [1.54, 1.807) is 14.2 Å². The molecule has 2 aromatic carbocycles. The van der Waals surface area contributed by atoms with Crippen molar-refractivity contribution < 1.29 is 34.2 Å². The van der Waals surface area contributed by atoms with Crippen LogP contribution in [0.15, 0.2) is 12.1 Å². The number of fused-ring (bicyclic) bond motifs is 2. The molecule has 7 heteroatoms. The third-order valence-electron chi connectivity index (χ3n) is 8.21. The number of hydrogen-bond acceptors (Lipinski definition) is 5. The minimum absolute atomic E-state index is 0.0367. The highest BCUT2D eigenvalue weighted by Crippen LogP contribution is 2.52. The Morgan fingerprint density at radius 1 is 0.757 bits per heavy atom. The summed E-state index contributed by atoms with van der Waals surface area (Å²) in [5.41, 5.74) is 4.17. The molecule has 0 spiro atoms. The first kappa shape index (κ1) is 27.4. The van der Waals surface area contributed by atoms with Crippen molar-refractivity contribution in [2.24, 2.45) is 11.8 Å². The molecule has 0 aliphatic carbocycles. The number of hydrogen-bond donors (Lipinski definition) is 4. The van der Waals surface area contributed by atoms with Crippen molar-refractivity contribution in [3.63, 3.8) is 0 Å². The third kappa shape index (κ3) is 5.21. The second-order valence-electron chi connectivity index (χ2n) is 11.8. The maximum Gasteiger partial charge on any atom is 0.211 e. The molecule has 2 unspecified atom stereocenters. The largest absolute Gasteiger partial charge is 0.504 e. The fraction of sp³-hybridized carbons (Fsp3) is 0.600. The van der Waals surface area contributed by atoms with Crippen LogP contribution < -0.4 is 24.0 Å². The predicted octanol–water partition coefficient (Wildman–Crippen LogP) is 3.22. The Morgan fingerprint density at radius 3 is 1.76 bits per heavy atom. The summed E-state index contributed by atoms with van der Waals surface area (Å²) in [6.45, 7) is 10.9. The molecule has 2 aromatic rings. The van der Waals surface area contributed by atoms with Gasteiger partial charge in [-0.15, -0.1) is 0 Å². The van der Waals surface area contributed by atoms with Gasteiger partial charge in [0, 0.05) is 25.7 Å². The molecule has 0 amide bonds. The first-order valence-corrected chi connectivity index (χ1v) is 13.7. The topological polar surface area (TPSA) is 77.0 Å². The number of likely N-dealkylation sites (N-methyl/N-ethyl adjacent to an activating group) is 2. The molecule has 2 heterocycles. The van der Waals surface area contributed by atoms with Gasteiger partial charge in [0.05, 0.1) is 52.5 Å². The maximum absolute atomic E-state index is 11.8. The maximum atomic E-state index is 11.8. The Morgan fingerprint density at radius 2 is 1.24 bits per heavy atom. The lowest BCUT2D eigenvalue weighted by Crippen LogP contribution is -3.10. The second-order valence-corrected chi connectivity index (χ2v) is 11.8. The van der Waals surface area contributed by atoms with Gasteiger partial charge in [-0.05, 0) is 35.1 Å². The van der Waals surface area contributed by atoms with Crippen molar-refractivity contribution in [1.82, 2.24) is 0 Å². The van der Waals surface area contributed by atoms with Gasteiger partial charge in [0.15, 0.2) is 23.0 Å². The molecule has 37 heavy (non-hydrogen) atoms. The summed E-state index contributed by atoms with van der Waals surface area (Å²) in [5, 5.41) is 23.1. The van der Waals surface area contributed by atoms with Crippen molar-refractivity contribution in [1.29, 1.82) is 0 Å². The monoisotopic (exact) mass is 514 g/mol. The number of phenolic OH excluding ortho intramolecular Hbond substituents is 2. The Labute approximate surface area is 221 Å². The number of ether oxygens (including phenoxy) is 3. The molecule has 0 saturated carbocycles. The van der Waals surface area contributed by atoms with E-state index in [0.29, 0.717) is 29.1 Å². The average molecular weight is 515 g/mol. The standard InChI is InChI=1S/C30H44N2O5/c1-17(2)13-21-25-19(9-11-31(21)5)16-24(36-8)29(28(25)34)37-30-26-20(15-23(35-7)27(30)33)10-12-32(6)22(26)14-18(3)4/h15-18,21-22,33-34H,9-14H2,1-8H3/p+2/t21-,22-/m1/s1. The minimum atomic E-state index is -0.0367. The molecule has 0 fully saturated rings. The van der Waals surface area contributed by atoms with Gasteiger partial charge in [-0.1, -0.05) is 27.7 Å². The summed E-state index contributed by atoms with van der Waals surface area (Å²) in [6.07, 6.45) is 3.65. The lowest BCUT2D eigenvalue weighted by atomic mass is 9.86. The van der Waals surface area contributed by atoms with Gasteiger partial charge >= 0.3 is 0 Å². The number of rotatable bonds is 8. The summed E-state index contributed by atoms with van der Waals surface area (Å²) in [6, 6.07) is 4.27. The molecule has 2 aliphatic heterocycles. The number of phenols is 2. The van der Waals surface area contributed by atoms with E-state index in [0.717, 1.165) is 61.0 Å². The van der Waals surface area contributed by atoms with Crippen molar-refractivity contribution in [2.45, 2.75) is 65.5 Å². The third-order valence-corrected chi connectivity index (χ3v) is 8.21. The van der Waals surface area contributed by atoms with Crippen molar-refractivity contribution in [3.8, 4) is 34.5 Å². The normalized spacial score (nSPS) is 23.1. The van der Waals surface area contributed by atoms with E-state index in [9.17, 15) is 10.2 Å². The highest BCUT2D eigenvalue weighted by Gasteiger charge is 2.38. The molecule has 0 radical (unpaired) electrons. The quantitative estimate of drug-likeness (QED) is 0.435. The molecule has 7 nitrogen and oxygen atoms in total. The number of aromatic hydroxyl groups is 2. The fourth-order valence-electron chi connectivity index (χ4n) is 6.26. The predicted molar refractivity (Wildman–Crippen MR) is 145 cm³/mol. The van der Waals surface area contributed by atoms with Crippen LogP contribution in [0, 0.1) is 11.8 Å². The van der Waals surface area contributed by atoms with Crippen LogP contribution in [0.4, 0.5) is 0 Å². The Hall–Kier alpha value is -2.64. The van der Waals surface area contributed by atoms with E-state index in [1.165, 1.54) is 9.80 Å². The molecular formula is C30H46N2O5+2. The second kappa shape index (κ2) is 11.0. The Kier molecular flexibility index (Phi) is 8.14. The average Bonchev–Trinajstić information content (AvgIpc) is 2.84. The molecule has 0 saturated heterocycles. The molecule has 0 aromatic heterocycles. The molecular weight excluding hydrogens is 468 g/mol. The smallest absolute Gasteiger partial charge is 0.211 e. The van der Waals surface area contributed by atoms with Crippen LogP contribution in [0.5, 0.6) is 34.5 Å². The highest BCUT2D eigenvalue weighted by molar-refractivity contribution is 5.65. The molecule has 4 rings (SSSR count). The first-order valence-electron chi connectivity index (χ1n) is 13.7. The van der Waals surface area contributed by atoms with Gasteiger partial charge in [0.1, 0.15) is 12.1 Å². The van der Waals surface area contributed by atoms with E-state index < -0.39 is 0 Å². The summed E-state index contributed by atoms with van der Waals surface area (Å²) >= 11 is 0. The summed E-state index contributed by atoms with van der Waals surface area (Å²) in [7, 11) is 7.55. The lowest BCUT2D eigenvalue weighted by Gasteiger charge is -2.35. The van der Waals surface area contributed by atoms with E-state index >= 15 is 0 Å². The zero-order chi connectivity index (χ0) is 27.0. The van der Waals surface area contributed by atoms with Crippen molar-refractivity contribution in [3.05, 3.63) is 34.4 Å². The SMILES string of the molecule is COc1cc2c(c(Oc3c(OC)cc4c(c3O)[C@@H](CC(C)C)[NH+](C)CC4)c1O)[C@@H](CC(C)C)[NH+](C)CC2. The molecule has 4 N–H and O–H groups in total. The zero-order valence-corrected chi connectivity index (χ0v) is 23.8. The fourth-order valence-corrected chi connectivity index (χ4v) is 6.26. The van der Waals surface area contributed by atoms with Gasteiger partial charge in [-0.2, -0.15) is 0 Å². The van der Waals surface area contributed by atoms with Crippen molar-refractivity contribution in [2.75, 3.05) is 41.4 Å². The lowest BCUT2D eigenvalue weighted by molar-refractivity contribution is -0.915. The van der Waals surface area contributed by atoms with Crippen LogP contribution in [-0.2, 0) is 12.8 Å². The number of benzene rings is 2. The molecule has 0 bridgehead atoms. The molecule has 4 atom stereocenters.